The van der Waals surface area contributed by atoms with Gasteiger partial charge in [-0.25, -0.2) is 13.2 Å². The molecular weight excluding hydrogens is 447 g/mol. The van der Waals surface area contributed by atoms with E-state index in [0.29, 0.717) is 10.5 Å². The third kappa shape index (κ3) is 4.13. The van der Waals surface area contributed by atoms with Gasteiger partial charge in [-0.05, 0) is 36.2 Å². The second kappa shape index (κ2) is 7.89. The SMILES string of the molecule is O=C1N[C@@](NS(=O)(=O)c2ccc(Cl)cc2)(C(F)(F)F)C(=O)N1CCc1ccccc1. The van der Waals surface area contributed by atoms with Gasteiger partial charge < -0.3 is 5.32 Å². The van der Waals surface area contributed by atoms with Gasteiger partial charge in [0.2, 0.25) is 10.0 Å². The van der Waals surface area contributed by atoms with Gasteiger partial charge in [0.25, 0.3) is 11.6 Å². The lowest BCUT2D eigenvalue weighted by Crippen LogP contribution is -2.69. The normalized spacial score (nSPS) is 19.8. The van der Waals surface area contributed by atoms with Crippen LogP contribution in [-0.2, 0) is 21.2 Å². The highest BCUT2D eigenvalue weighted by Crippen LogP contribution is 2.35. The van der Waals surface area contributed by atoms with Crippen molar-refractivity contribution in [3.63, 3.8) is 0 Å². The van der Waals surface area contributed by atoms with Gasteiger partial charge in [0.1, 0.15) is 0 Å². The molecule has 0 aromatic heterocycles. The Bertz CT molecular complexity index is 1060. The van der Waals surface area contributed by atoms with Crippen LogP contribution in [0.4, 0.5) is 18.0 Å². The van der Waals surface area contributed by atoms with Gasteiger partial charge in [0.15, 0.2) is 0 Å². The van der Waals surface area contributed by atoms with Gasteiger partial charge in [-0.1, -0.05) is 41.9 Å². The molecule has 0 saturated carbocycles. The number of imide groups is 1. The second-order valence-corrected chi connectivity index (χ2v) is 8.55. The van der Waals surface area contributed by atoms with Crippen LogP contribution in [-0.4, -0.2) is 43.6 Å². The van der Waals surface area contributed by atoms with Crippen molar-refractivity contribution >= 4 is 33.6 Å². The Morgan fingerprint density at radius 3 is 2.20 bits per heavy atom. The Morgan fingerprint density at radius 2 is 1.63 bits per heavy atom. The van der Waals surface area contributed by atoms with Crippen LogP contribution in [0.3, 0.4) is 0 Å². The minimum Gasteiger partial charge on any atom is -0.303 e. The van der Waals surface area contributed by atoms with Crippen molar-refractivity contribution in [2.24, 2.45) is 0 Å². The molecule has 30 heavy (non-hydrogen) atoms. The molecule has 3 amide bonds. The van der Waals surface area contributed by atoms with E-state index >= 15 is 0 Å². The monoisotopic (exact) mass is 461 g/mol. The average molecular weight is 462 g/mol. The van der Waals surface area contributed by atoms with Crippen molar-refractivity contribution in [1.82, 2.24) is 14.9 Å². The van der Waals surface area contributed by atoms with E-state index in [1.807, 2.05) is 0 Å². The Hall–Kier alpha value is -2.63. The number of benzene rings is 2. The third-order valence-electron chi connectivity index (χ3n) is 4.41. The topological polar surface area (TPSA) is 95.6 Å². The average Bonchev–Trinajstić information content (AvgIpc) is 2.91. The Labute approximate surface area is 174 Å². The van der Waals surface area contributed by atoms with Crippen LogP contribution in [0.1, 0.15) is 5.56 Å². The summed E-state index contributed by atoms with van der Waals surface area (Å²) in [6, 6.07) is 11.4. The Morgan fingerprint density at radius 1 is 1.03 bits per heavy atom. The smallest absolute Gasteiger partial charge is 0.303 e. The van der Waals surface area contributed by atoms with Crippen LogP contribution in [0.15, 0.2) is 59.5 Å². The van der Waals surface area contributed by atoms with Gasteiger partial charge >= 0.3 is 12.2 Å². The number of nitrogens with one attached hydrogen (secondary N) is 2. The number of halogens is 4. The van der Waals surface area contributed by atoms with Crippen molar-refractivity contribution in [2.45, 2.75) is 23.2 Å². The zero-order valence-electron chi connectivity index (χ0n) is 15.1. The highest BCUT2D eigenvalue weighted by molar-refractivity contribution is 7.89. The molecule has 1 fully saturated rings. The Balaban J connectivity index is 1.91. The summed E-state index contributed by atoms with van der Waals surface area (Å²) in [5, 5.41) is 1.64. The summed E-state index contributed by atoms with van der Waals surface area (Å²) in [5.41, 5.74) is -3.14. The van der Waals surface area contributed by atoms with Gasteiger partial charge in [-0.2, -0.15) is 17.9 Å². The predicted octanol–water partition coefficient (Wildman–Crippen LogP) is 2.67. The summed E-state index contributed by atoms with van der Waals surface area (Å²) < 4.78 is 68.0. The highest BCUT2D eigenvalue weighted by atomic mass is 35.5. The molecule has 1 atom stereocenters. The third-order valence-corrected chi connectivity index (χ3v) is 6.13. The van der Waals surface area contributed by atoms with Crippen LogP contribution >= 0.6 is 11.6 Å². The van der Waals surface area contributed by atoms with Crippen LogP contribution in [0.2, 0.25) is 5.02 Å². The number of hydrogen-bond acceptors (Lipinski definition) is 4. The summed E-state index contributed by atoms with van der Waals surface area (Å²) in [5.74, 6) is -1.76. The van der Waals surface area contributed by atoms with Gasteiger partial charge in [0.05, 0.1) is 4.90 Å². The van der Waals surface area contributed by atoms with Crippen molar-refractivity contribution in [2.75, 3.05) is 6.54 Å². The molecule has 3 rings (SSSR count). The number of urea groups is 1. The molecule has 0 spiro atoms. The molecule has 1 saturated heterocycles. The first-order valence-electron chi connectivity index (χ1n) is 8.50. The van der Waals surface area contributed by atoms with Gasteiger partial charge in [-0.15, -0.1) is 0 Å². The van der Waals surface area contributed by atoms with E-state index in [1.165, 1.54) is 10.0 Å². The molecular formula is C18H15ClF3N3O4S. The van der Waals surface area contributed by atoms with Crippen molar-refractivity contribution < 1.29 is 31.2 Å². The van der Waals surface area contributed by atoms with E-state index in [1.54, 1.807) is 30.3 Å². The second-order valence-electron chi connectivity index (χ2n) is 6.43. The zero-order valence-corrected chi connectivity index (χ0v) is 16.7. The molecule has 1 aliphatic rings. The summed E-state index contributed by atoms with van der Waals surface area (Å²) in [4.78, 5) is 24.6. The number of nitrogens with zero attached hydrogens (tertiary/aromatic N) is 1. The minimum absolute atomic E-state index is 0.0951. The van der Waals surface area contributed by atoms with Crippen molar-refractivity contribution in [3.05, 3.63) is 65.2 Å². The molecule has 0 unspecified atom stereocenters. The lowest BCUT2D eigenvalue weighted by molar-refractivity contribution is -0.198. The highest BCUT2D eigenvalue weighted by Gasteiger charge is 2.69. The first kappa shape index (κ1) is 22.1. The van der Waals surface area contributed by atoms with Crippen LogP contribution in [0.25, 0.3) is 0 Å². The lowest BCUT2D eigenvalue weighted by Gasteiger charge is -2.29. The van der Waals surface area contributed by atoms with Gasteiger partial charge in [-0.3, -0.25) is 9.69 Å². The fraction of sp³-hybridized carbons (Fsp3) is 0.222. The quantitative estimate of drug-likeness (QED) is 0.646. The van der Waals surface area contributed by atoms with Crippen LogP contribution in [0, 0.1) is 0 Å². The number of alkyl halides is 3. The Kier molecular flexibility index (Phi) is 5.81. The zero-order chi connectivity index (χ0) is 22.2. The summed E-state index contributed by atoms with van der Waals surface area (Å²) in [7, 11) is -4.84. The number of rotatable bonds is 6. The molecule has 0 aliphatic carbocycles. The molecule has 7 nitrogen and oxygen atoms in total. The summed E-state index contributed by atoms with van der Waals surface area (Å²) in [6.07, 6.45) is -5.35. The number of carbonyl (C=O) groups excluding carboxylic acids is 2. The maximum absolute atomic E-state index is 13.9. The molecule has 2 aromatic rings. The van der Waals surface area contributed by atoms with Crippen molar-refractivity contribution in [1.29, 1.82) is 0 Å². The maximum atomic E-state index is 13.9. The molecule has 0 bridgehead atoms. The van der Waals surface area contributed by atoms with Crippen molar-refractivity contribution in [3.8, 4) is 0 Å². The predicted molar refractivity (Wildman–Crippen MR) is 101 cm³/mol. The number of sulfonamides is 1. The molecule has 12 heteroatoms. The van der Waals surface area contributed by atoms with Crippen LogP contribution in [0.5, 0.6) is 0 Å². The van der Waals surface area contributed by atoms with E-state index in [0.717, 1.165) is 24.3 Å². The van der Waals surface area contributed by atoms with E-state index in [-0.39, 0.29) is 18.0 Å². The molecule has 160 valence electrons. The minimum atomic E-state index is -5.44. The molecule has 2 aromatic carbocycles. The summed E-state index contributed by atoms with van der Waals surface area (Å²) in [6.45, 7) is -0.366. The molecule has 2 N–H and O–H groups in total. The first-order valence-corrected chi connectivity index (χ1v) is 10.4. The van der Waals surface area contributed by atoms with E-state index in [4.69, 9.17) is 11.6 Å². The number of amides is 3. The lowest BCUT2D eigenvalue weighted by atomic mass is 10.1. The maximum Gasteiger partial charge on any atom is 0.435 e. The fourth-order valence-electron chi connectivity index (χ4n) is 2.86. The fourth-order valence-corrected chi connectivity index (χ4v) is 4.25. The first-order chi connectivity index (χ1) is 14.0. The van der Waals surface area contributed by atoms with E-state index in [9.17, 15) is 31.2 Å². The van der Waals surface area contributed by atoms with E-state index in [2.05, 4.69) is 0 Å². The standard InChI is InChI=1S/C18H15ClF3N3O4S/c19-13-6-8-14(9-7-13)30(28,29)24-17(18(20,21)22)15(26)25(16(27)23-17)11-10-12-4-2-1-3-5-12/h1-9,24H,10-11H2,(H,23,27)/t17-/m0/s1. The molecule has 1 aliphatic heterocycles. The number of hydrogen-bond donors (Lipinski definition) is 2. The van der Waals surface area contributed by atoms with E-state index < -0.39 is 38.7 Å². The number of carbonyl (C=O) groups is 2. The largest absolute Gasteiger partial charge is 0.435 e. The van der Waals surface area contributed by atoms with Gasteiger partial charge in [0, 0.05) is 11.6 Å². The molecule has 1 heterocycles. The summed E-state index contributed by atoms with van der Waals surface area (Å²) >= 11 is 5.67. The van der Waals surface area contributed by atoms with Crippen LogP contribution < -0.4 is 10.0 Å². The molecule has 0 radical (unpaired) electrons.